The minimum atomic E-state index is -3.94. The molecule has 4 rings (SSSR count). The van der Waals surface area contributed by atoms with Gasteiger partial charge in [0.1, 0.15) is 0 Å². The van der Waals surface area contributed by atoms with E-state index in [-0.39, 0.29) is 0 Å². The van der Waals surface area contributed by atoms with Crippen LogP contribution in [0.1, 0.15) is 44.9 Å². The van der Waals surface area contributed by atoms with E-state index < -0.39 is 15.4 Å². The van der Waals surface area contributed by atoms with Crippen molar-refractivity contribution in [3.05, 3.63) is 0 Å². The van der Waals surface area contributed by atoms with Crippen molar-refractivity contribution in [1.29, 1.82) is 0 Å². The zero-order chi connectivity index (χ0) is 13.6. The van der Waals surface area contributed by atoms with Gasteiger partial charge >= 0.3 is 0 Å². The predicted molar refractivity (Wildman–Crippen MR) is 74.2 cm³/mol. The Hall–Kier alpha value is -0.130. The average molecular weight is 287 g/mol. The van der Waals surface area contributed by atoms with Gasteiger partial charge in [0.15, 0.2) is 0 Å². The first kappa shape index (κ1) is 13.8. The minimum absolute atomic E-state index is 0.331. The maximum Gasteiger partial charge on any atom is 0.267 e. The van der Waals surface area contributed by atoms with Gasteiger partial charge in [0.25, 0.3) is 10.1 Å². The molecule has 0 aromatic rings. The monoisotopic (exact) mass is 287 g/mol. The largest absolute Gasteiger partial charge is 0.330 e. The normalized spacial score (nSPS) is 42.5. The van der Waals surface area contributed by atoms with Gasteiger partial charge in [-0.25, -0.2) is 0 Å². The molecule has 110 valence electrons. The van der Waals surface area contributed by atoms with Crippen LogP contribution in [-0.2, 0) is 10.1 Å². The summed E-state index contributed by atoms with van der Waals surface area (Å²) in [7, 11) is -3.94. The number of hydrogen-bond acceptors (Lipinski definition) is 3. The van der Waals surface area contributed by atoms with E-state index in [0.717, 1.165) is 11.8 Å². The van der Waals surface area contributed by atoms with Crippen LogP contribution >= 0.6 is 0 Å². The fourth-order valence-electron chi connectivity index (χ4n) is 5.30. The first-order valence-electron chi connectivity index (χ1n) is 7.63. The van der Waals surface area contributed by atoms with Gasteiger partial charge in [0.05, 0.1) is 5.25 Å². The van der Waals surface area contributed by atoms with E-state index in [1.165, 1.54) is 32.1 Å². The van der Waals surface area contributed by atoms with Gasteiger partial charge in [-0.1, -0.05) is 0 Å². The Bertz CT molecular complexity index is 406. The van der Waals surface area contributed by atoms with Crippen molar-refractivity contribution in [3.8, 4) is 0 Å². The zero-order valence-corrected chi connectivity index (χ0v) is 12.2. The Morgan fingerprint density at radius 2 is 1.58 bits per heavy atom. The summed E-state index contributed by atoms with van der Waals surface area (Å²) in [6.07, 6.45) is 7.59. The van der Waals surface area contributed by atoms with E-state index >= 15 is 0 Å². The van der Waals surface area contributed by atoms with Gasteiger partial charge in [-0.2, -0.15) is 8.42 Å². The molecule has 0 aromatic carbocycles. The van der Waals surface area contributed by atoms with Crippen LogP contribution in [0.2, 0.25) is 0 Å². The molecule has 4 fully saturated rings. The predicted octanol–water partition coefficient (Wildman–Crippen LogP) is 2.05. The lowest BCUT2D eigenvalue weighted by atomic mass is 9.51. The second-order valence-corrected chi connectivity index (χ2v) is 8.74. The molecule has 1 unspecified atom stereocenters. The summed E-state index contributed by atoms with van der Waals surface area (Å²) in [4.78, 5) is 0. The molecular weight excluding hydrogens is 262 g/mol. The van der Waals surface area contributed by atoms with Crippen molar-refractivity contribution in [1.82, 2.24) is 0 Å². The Morgan fingerprint density at radius 1 is 1.05 bits per heavy atom. The summed E-state index contributed by atoms with van der Waals surface area (Å²) in [5.41, 5.74) is 5.50. The Morgan fingerprint density at radius 3 is 2.00 bits per heavy atom. The van der Waals surface area contributed by atoms with Gasteiger partial charge in [0, 0.05) is 0 Å². The summed E-state index contributed by atoms with van der Waals surface area (Å²) in [5, 5.41) is -0.639. The molecule has 4 nitrogen and oxygen atoms in total. The maximum absolute atomic E-state index is 11.5. The standard InChI is InChI=1S/C14H25NO3S/c15-2-1-13(19(16,17)18)8-14-11-4-9-3-10(6-11)7-12(14)5-9/h9-14H,1-8,15H2,(H,16,17,18). The molecular formula is C14H25NO3S. The Balaban J connectivity index is 1.72. The molecule has 0 radical (unpaired) electrons. The third kappa shape index (κ3) is 2.69. The van der Waals surface area contributed by atoms with Crippen molar-refractivity contribution in [3.63, 3.8) is 0 Å². The SMILES string of the molecule is NCCC(CC1C2CC3CC(C2)CC1C3)S(=O)(=O)O. The number of hydrogen-bond donors (Lipinski definition) is 2. The lowest BCUT2D eigenvalue weighted by Crippen LogP contribution is -2.46. The molecule has 0 spiro atoms. The molecule has 1 atom stereocenters. The second kappa shape index (κ2) is 5.01. The molecule has 4 saturated carbocycles. The van der Waals surface area contributed by atoms with Gasteiger partial charge in [0.2, 0.25) is 0 Å². The van der Waals surface area contributed by atoms with Crippen LogP contribution in [0.4, 0.5) is 0 Å². The van der Waals surface area contributed by atoms with E-state index in [9.17, 15) is 13.0 Å². The highest BCUT2D eigenvalue weighted by Crippen LogP contribution is 2.57. The average Bonchev–Trinajstić information content (AvgIpc) is 2.30. The van der Waals surface area contributed by atoms with Gasteiger partial charge in [-0.15, -0.1) is 0 Å². The van der Waals surface area contributed by atoms with Crippen molar-refractivity contribution >= 4 is 10.1 Å². The topological polar surface area (TPSA) is 80.4 Å². The smallest absolute Gasteiger partial charge is 0.267 e. The summed E-state index contributed by atoms with van der Waals surface area (Å²) in [6.45, 7) is 0.331. The highest BCUT2D eigenvalue weighted by Gasteiger charge is 2.49. The van der Waals surface area contributed by atoms with Crippen molar-refractivity contribution in [2.45, 2.75) is 50.2 Å². The number of nitrogens with two attached hydrogens (primary N) is 1. The van der Waals surface area contributed by atoms with Crippen LogP contribution < -0.4 is 5.73 Å². The molecule has 0 saturated heterocycles. The number of rotatable bonds is 5. The van der Waals surface area contributed by atoms with Gasteiger partial charge in [-0.3, -0.25) is 4.55 Å². The maximum atomic E-state index is 11.5. The van der Waals surface area contributed by atoms with Gasteiger partial charge < -0.3 is 5.73 Å². The highest BCUT2D eigenvalue weighted by atomic mass is 32.2. The lowest BCUT2D eigenvalue weighted by Gasteiger charge is -2.55. The molecule has 4 aliphatic rings. The fourth-order valence-corrected chi connectivity index (χ4v) is 6.20. The van der Waals surface area contributed by atoms with Crippen LogP contribution in [0.15, 0.2) is 0 Å². The van der Waals surface area contributed by atoms with E-state index in [4.69, 9.17) is 5.73 Å². The quantitative estimate of drug-likeness (QED) is 0.758. The molecule has 3 N–H and O–H groups in total. The molecule has 19 heavy (non-hydrogen) atoms. The van der Waals surface area contributed by atoms with Crippen molar-refractivity contribution in [2.75, 3.05) is 6.54 Å². The van der Waals surface area contributed by atoms with Gasteiger partial charge in [-0.05, 0) is 81.1 Å². The summed E-state index contributed by atoms with van der Waals surface area (Å²) in [6, 6.07) is 0. The third-order valence-corrected chi connectivity index (χ3v) is 7.14. The molecule has 0 aromatic heterocycles. The van der Waals surface area contributed by atoms with E-state index in [1.807, 2.05) is 0 Å². The molecule has 0 heterocycles. The first-order valence-corrected chi connectivity index (χ1v) is 9.14. The third-order valence-electron chi connectivity index (χ3n) is 5.87. The first-order chi connectivity index (χ1) is 8.97. The summed E-state index contributed by atoms with van der Waals surface area (Å²) >= 11 is 0. The van der Waals surface area contributed by atoms with Crippen LogP contribution in [0, 0.1) is 29.6 Å². The molecule has 4 aliphatic carbocycles. The minimum Gasteiger partial charge on any atom is -0.330 e. The zero-order valence-electron chi connectivity index (χ0n) is 11.4. The molecule has 4 bridgehead atoms. The highest BCUT2D eigenvalue weighted by molar-refractivity contribution is 7.86. The van der Waals surface area contributed by atoms with Crippen molar-refractivity contribution in [2.24, 2.45) is 35.3 Å². The van der Waals surface area contributed by atoms with Crippen LogP contribution in [0.5, 0.6) is 0 Å². The van der Waals surface area contributed by atoms with E-state index in [2.05, 4.69) is 0 Å². The second-order valence-electron chi connectivity index (χ2n) is 7.04. The van der Waals surface area contributed by atoms with E-state index in [1.54, 1.807) is 0 Å². The van der Waals surface area contributed by atoms with Crippen LogP contribution in [0.25, 0.3) is 0 Å². The molecule has 5 heteroatoms. The molecule has 0 aliphatic heterocycles. The van der Waals surface area contributed by atoms with E-state index in [0.29, 0.717) is 37.1 Å². The van der Waals surface area contributed by atoms with Crippen LogP contribution in [0.3, 0.4) is 0 Å². The molecule has 0 amide bonds. The lowest BCUT2D eigenvalue weighted by molar-refractivity contribution is -0.0401. The summed E-state index contributed by atoms with van der Waals surface area (Å²) in [5.74, 6) is 3.72. The van der Waals surface area contributed by atoms with Crippen LogP contribution in [-0.4, -0.2) is 24.8 Å². The van der Waals surface area contributed by atoms with Crippen molar-refractivity contribution < 1.29 is 13.0 Å². The Labute approximate surface area is 115 Å². The fraction of sp³-hybridized carbons (Fsp3) is 1.00. The Kier molecular flexibility index (Phi) is 3.65. The summed E-state index contributed by atoms with van der Waals surface area (Å²) < 4.78 is 32.4.